The Bertz CT molecular complexity index is 1350. The quantitative estimate of drug-likeness (QED) is 0.343. The van der Waals surface area contributed by atoms with Gasteiger partial charge in [0.15, 0.2) is 0 Å². The van der Waals surface area contributed by atoms with Gasteiger partial charge in [-0.2, -0.15) is 4.72 Å². The summed E-state index contributed by atoms with van der Waals surface area (Å²) in [5.74, 6) is 0. The van der Waals surface area contributed by atoms with Crippen LogP contribution in [0, 0.1) is 10.1 Å². The summed E-state index contributed by atoms with van der Waals surface area (Å²) in [6.07, 6.45) is 0. The van der Waals surface area contributed by atoms with Gasteiger partial charge in [0.25, 0.3) is 5.69 Å². The van der Waals surface area contributed by atoms with Crippen molar-refractivity contribution in [2.75, 3.05) is 0 Å². The average Bonchev–Trinajstić information content (AvgIpc) is 2.79. The lowest BCUT2D eigenvalue weighted by atomic mass is 9.83. The summed E-state index contributed by atoms with van der Waals surface area (Å²) < 4.78 is 29.5. The zero-order valence-electron chi connectivity index (χ0n) is 16.7. The number of non-ortho nitro benzene ring substituents is 1. The summed E-state index contributed by atoms with van der Waals surface area (Å²) in [5, 5.41) is 12.9. The topological polar surface area (TPSA) is 89.3 Å². The highest BCUT2D eigenvalue weighted by Crippen LogP contribution is 2.35. The fourth-order valence-corrected chi connectivity index (χ4v) is 5.15. The van der Waals surface area contributed by atoms with Crippen molar-refractivity contribution in [3.8, 4) is 0 Å². The Morgan fingerprint density at radius 2 is 1.42 bits per heavy atom. The predicted octanol–water partition coefficient (Wildman–Crippen LogP) is 4.99. The van der Waals surface area contributed by atoms with Crippen molar-refractivity contribution in [3.05, 3.63) is 118 Å². The van der Waals surface area contributed by atoms with Crippen LogP contribution in [0.5, 0.6) is 0 Å². The highest BCUT2D eigenvalue weighted by molar-refractivity contribution is 7.89. The SMILES string of the molecule is C[C@@](NS(=O)(=O)c1ccc([N+](=O)[O-])cc1)(c1ccccc1)c1cccc2ccccc12. The van der Waals surface area contributed by atoms with E-state index in [1.54, 1.807) is 0 Å². The summed E-state index contributed by atoms with van der Waals surface area (Å²) >= 11 is 0. The molecular weight excluding hydrogens is 412 g/mol. The van der Waals surface area contributed by atoms with Crippen LogP contribution in [-0.2, 0) is 15.6 Å². The molecule has 1 atom stereocenters. The van der Waals surface area contributed by atoms with Gasteiger partial charge in [0.05, 0.1) is 15.4 Å². The molecule has 0 fully saturated rings. The van der Waals surface area contributed by atoms with E-state index in [1.165, 1.54) is 24.3 Å². The number of hydrogen-bond acceptors (Lipinski definition) is 4. The fraction of sp³-hybridized carbons (Fsp3) is 0.0833. The molecule has 0 bridgehead atoms. The molecule has 4 aromatic carbocycles. The average molecular weight is 433 g/mol. The van der Waals surface area contributed by atoms with Gasteiger partial charge in [-0.1, -0.05) is 72.8 Å². The first-order chi connectivity index (χ1) is 14.8. The van der Waals surface area contributed by atoms with Crippen LogP contribution < -0.4 is 4.72 Å². The van der Waals surface area contributed by atoms with Gasteiger partial charge in [-0.25, -0.2) is 8.42 Å². The molecule has 0 saturated heterocycles. The van der Waals surface area contributed by atoms with E-state index in [2.05, 4.69) is 4.72 Å². The van der Waals surface area contributed by atoms with Gasteiger partial charge < -0.3 is 0 Å². The van der Waals surface area contributed by atoms with Gasteiger partial charge in [-0.15, -0.1) is 0 Å². The van der Waals surface area contributed by atoms with E-state index < -0.39 is 20.5 Å². The van der Waals surface area contributed by atoms with Crippen LogP contribution in [-0.4, -0.2) is 13.3 Å². The van der Waals surface area contributed by atoms with E-state index in [-0.39, 0.29) is 10.6 Å². The first-order valence-corrected chi connectivity index (χ1v) is 11.1. The summed E-state index contributed by atoms with van der Waals surface area (Å²) in [6.45, 7) is 1.83. The number of fused-ring (bicyclic) bond motifs is 1. The molecule has 7 heteroatoms. The summed E-state index contributed by atoms with van der Waals surface area (Å²) in [5.41, 5.74) is 0.334. The molecule has 0 aliphatic rings. The van der Waals surface area contributed by atoms with Gasteiger partial charge in [0.1, 0.15) is 0 Å². The molecule has 6 nitrogen and oxygen atoms in total. The van der Waals surface area contributed by atoms with Crippen LogP contribution in [0.25, 0.3) is 10.8 Å². The van der Waals surface area contributed by atoms with Crippen molar-refractivity contribution < 1.29 is 13.3 Å². The molecule has 156 valence electrons. The number of hydrogen-bond donors (Lipinski definition) is 1. The minimum Gasteiger partial charge on any atom is -0.258 e. The number of nitro benzene ring substituents is 1. The Hall–Kier alpha value is -3.55. The van der Waals surface area contributed by atoms with Gasteiger partial charge in [-0.3, -0.25) is 10.1 Å². The third kappa shape index (κ3) is 3.93. The summed E-state index contributed by atoms with van der Waals surface area (Å²) in [4.78, 5) is 10.3. The molecular formula is C24H20N2O4S. The Morgan fingerprint density at radius 3 is 2.10 bits per heavy atom. The van der Waals surface area contributed by atoms with Crippen LogP contribution in [0.15, 0.2) is 102 Å². The molecule has 0 aliphatic heterocycles. The molecule has 0 aromatic heterocycles. The van der Waals surface area contributed by atoms with Crippen molar-refractivity contribution >= 4 is 26.5 Å². The van der Waals surface area contributed by atoms with E-state index >= 15 is 0 Å². The molecule has 0 saturated carbocycles. The number of benzene rings is 4. The van der Waals surface area contributed by atoms with Gasteiger partial charge in [-0.05, 0) is 41.0 Å². The van der Waals surface area contributed by atoms with E-state index in [1.807, 2.05) is 79.7 Å². The molecule has 31 heavy (non-hydrogen) atoms. The number of nitrogens with one attached hydrogen (secondary N) is 1. The lowest BCUT2D eigenvalue weighted by Gasteiger charge is -2.33. The summed E-state index contributed by atoms with van der Waals surface area (Å²) in [7, 11) is -4.00. The van der Waals surface area contributed by atoms with Gasteiger partial charge in [0, 0.05) is 12.1 Å². The minimum atomic E-state index is -4.00. The van der Waals surface area contributed by atoms with Crippen molar-refractivity contribution in [1.82, 2.24) is 4.72 Å². The van der Waals surface area contributed by atoms with E-state index in [0.29, 0.717) is 0 Å². The highest BCUT2D eigenvalue weighted by atomic mass is 32.2. The van der Waals surface area contributed by atoms with Crippen LogP contribution >= 0.6 is 0 Å². The molecule has 0 amide bonds. The maximum Gasteiger partial charge on any atom is 0.269 e. The van der Waals surface area contributed by atoms with E-state index in [4.69, 9.17) is 0 Å². The molecule has 0 radical (unpaired) electrons. The van der Waals surface area contributed by atoms with Crippen LogP contribution in [0.2, 0.25) is 0 Å². The Labute approximate surface area is 180 Å². The second-order valence-corrected chi connectivity index (χ2v) is 9.06. The zero-order valence-corrected chi connectivity index (χ0v) is 17.5. The number of nitro groups is 1. The van der Waals surface area contributed by atoms with Gasteiger partial charge in [0.2, 0.25) is 10.0 Å². The second kappa shape index (κ2) is 7.94. The minimum absolute atomic E-state index is 0.0412. The van der Waals surface area contributed by atoms with Crippen molar-refractivity contribution in [3.63, 3.8) is 0 Å². The maximum atomic E-state index is 13.3. The first kappa shape index (κ1) is 20.7. The van der Waals surface area contributed by atoms with Crippen molar-refractivity contribution in [1.29, 1.82) is 0 Å². The normalized spacial score (nSPS) is 13.6. The molecule has 0 heterocycles. The lowest BCUT2D eigenvalue weighted by Crippen LogP contribution is -2.44. The summed E-state index contributed by atoms with van der Waals surface area (Å²) in [6, 6.07) is 27.8. The molecule has 0 unspecified atom stereocenters. The third-order valence-corrected chi connectivity index (χ3v) is 6.95. The third-order valence-electron chi connectivity index (χ3n) is 5.38. The lowest BCUT2D eigenvalue weighted by molar-refractivity contribution is -0.384. The zero-order chi connectivity index (χ0) is 22.1. The number of rotatable bonds is 6. The van der Waals surface area contributed by atoms with Crippen LogP contribution in [0.4, 0.5) is 5.69 Å². The highest BCUT2D eigenvalue weighted by Gasteiger charge is 2.35. The van der Waals surface area contributed by atoms with Crippen molar-refractivity contribution in [2.45, 2.75) is 17.4 Å². The van der Waals surface area contributed by atoms with Crippen LogP contribution in [0.1, 0.15) is 18.1 Å². The monoisotopic (exact) mass is 432 g/mol. The van der Waals surface area contributed by atoms with Gasteiger partial charge >= 0.3 is 0 Å². The standard InChI is InChI=1S/C24H20N2O4S/c1-24(19-10-3-2-4-11-19,23-13-7-9-18-8-5-6-12-22(18)23)25-31(29,30)21-16-14-20(15-17-21)26(27)28/h2-17,25H,1H3/t24-/m1/s1. The van der Waals surface area contributed by atoms with Crippen molar-refractivity contribution in [2.24, 2.45) is 0 Å². The predicted molar refractivity (Wildman–Crippen MR) is 120 cm³/mol. The first-order valence-electron chi connectivity index (χ1n) is 9.63. The smallest absolute Gasteiger partial charge is 0.258 e. The molecule has 1 N–H and O–H groups in total. The van der Waals surface area contributed by atoms with E-state index in [9.17, 15) is 18.5 Å². The molecule has 4 aromatic rings. The molecule has 0 aliphatic carbocycles. The number of nitrogens with zero attached hydrogens (tertiary/aromatic N) is 1. The molecule has 4 rings (SSSR count). The van der Waals surface area contributed by atoms with E-state index in [0.717, 1.165) is 21.9 Å². The number of sulfonamides is 1. The fourth-order valence-electron chi connectivity index (χ4n) is 3.78. The second-order valence-electron chi connectivity index (χ2n) is 7.37. The Balaban J connectivity index is 1.87. The molecule has 0 spiro atoms. The Morgan fingerprint density at radius 1 is 0.806 bits per heavy atom. The maximum absolute atomic E-state index is 13.3. The van der Waals surface area contributed by atoms with Crippen LogP contribution in [0.3, 0.4) is 0 Å². The largest absolute Gasteiger partial charge is 0.269 e. The Kier molecular flexibility index (Phi) is 5.31.